The average molecular weight is 314 g/mol. The van der Waals surface area contributed by atoms with Gasteiger partial charge in [-0.05, 0) is 13.0 Å². The molecule has 0 spiro atoms. The molecule has 2 rings (SSSR count). The largest absolute Gasteiger partial charge is 0.433 e. The first kappa shape index (κ1) is 16.0. The van der Waals surface area contributed by atoms with Crippen molar-refractivity contribution in [1.82, 2.24) is 9.97 Å². The predicted molar refractivity (Wildman–Crippen MR) is 74.9 cm³/mol. The Morgan fingerprint density at radius 3 is 2.45 bits per heavy atom. The van der Waals surface area contributed by atoms with Gasteiger partial charge in [-0.1, -0.05) is 18.2 Å². The summed E-state index contributed by atoms with van der Waals surface area (Å²) in [5.74, 6) is -0.595. The SMILES string of the molecule is CCNc1nc(NCc2ccccc2F)cc(C(F)(F)F)n1. The molecule has 0 saturated carbocycles. The molecular formula is C14H14F4N4. The van der Waals surface area contributed by atoms with Gasteiger partial charge in [0.25, 0.3) is 0 Å². The van der Waals surface area contributed by atoms with Crippen LogP contribution in [-0.2, 0) is 12.7 Å². The smallest absolute Gasteiger partial charge is 0.366 e. The van der Waals surface area contributed by atoms with Gasteiger partial charge in [0.15, 0.2) is 5.69 Å². The number of nitrogens with zero attached hydrogens (tertiary/aromatic N) is 2. The molecule has 1 aromatic heterocycles. The van der Waals surface area contributed by atoms with Crippen molar-refractivity contribution >= 4 is 11.8 Å². The van der Waals surface area contributed by atoms with Crippen molar-refractivity contribution in [2.45, 2.75) is 19.6 Å². The average Bonchev–Trinajstić information content (AvgIpc) is 2.46. The third-order valence-electron chi connectivity index (χ3n) is 2.77. The Morgan fingerprint density at radius 2 is 1.82 bits per heavy atom. The van der Waals surface area contributed by atoms with Crippen molar-refractivity contribution in [1.29, 1.82) is 0 Å². The number of nitrogens with one attached hydrogen (secondary N) is 2. The molecule has 0 unspecified atom stereocenters. The minimum Gasteiger partial charge on any atom is -0.366 e. The number of hydrogen-bond acceptors (Lipinski definition) is 4. The van der Waals surface area contributed by atoms with E-state index >= 15 is 0 Å². The maximum atomic E-state index is 13.5. The van der Waals surface area contributed by atoms with E-state index < -0.39 is 17.7 Å². The number of rotatable bonds is 5. The van der Waals surface area contributed by atoms with Gasteiger partial charge < -0.3 is 10.6 Å². The molecule has 2 aromatic rings. The highest BCUT2D eigenvalue weighted by Gasteiger charge is 2.33. The van der Waals surface area contributed by atoms with Crippen molar-refractivity contribution in [3.05, 3.63) is 47.4 Å². The zero-order chi connectivity index (χ0) is 16.2. The third kappa shape index (κ3) is 4.06. The fourth-order valence-corrected chi connectivity index (χ4v) is 1.75. The number of hydrogen-bond donors (Lipinski definition) is 2. The molecular weight excluding hydrogens is 300 g/mol. The summed E-state index contributed by atoms with van der Waals surface area (Å²) in [5.41, 5.74) is -0.728. The molecule has 0 aliphatic carbocycles. The lowest BCUT2D eigenvalue weighted by Gasteiger charge is -2.12. The first-order valence-corrected chi connectivity index (χ1v) is 6.57. The van der Waals surface area contributed by atoms with E-state index in [0.29, 0.717) is 12.1 Å². The summed E-state index contributed by atoms with van der Waals surface area (Å²) in [5, 5.41) is 5.32. The topological polar surface area (TPSA) is 49.8 Å². The van der Waals surface area contributed by atoms with Crippen LogP contribution < -0.4 is 10.6 Å². The van der Waals surface area contributed by atoms with Crippen molar-refractivity contribution in [2.24, 2.45) is 0 Å². The molecule has 2 N–H and O–H groups in total. The van der Waals surface area contributed by atoms with E-state index in [4.69, 9.17) is 0 Å². The van der Waals surface area contributed by atoms with E-state index in [1.54, 1.807) is 19.1 Å². The quantitative estimate of drug-likeness (QED) is 0.827. The van der Waals surface area contributed by atoms with Crippen molar-refractivity contribution < 1.29 is 17.6 Å². The molecule has 0 bridgehead atoms. The van der Waals surface area contributed by atoms with Crippen LogP contribution in [0.5, 0.6) is 0 Å². The molecule has 1 heterocycles. The molecule has 0 saturated heterocycles. The summed E-state index contributed by atoms with van der Waals surface area (Å²) in [6.07, 6.45) is -4.58. The van der Waals surface area contributed by atoms with Gasteiger partial charge in [0.1, 0.15) is 11.6 Å². The number of alkyl halides is 3. The van der Waals surface area contributed by atoms with Crippen LogP contribution in [0, 0.1) is 5.82 Å². The lowest BCUT2D eigenvalue weighted by Crippen LogP contribution is -2.14. The second-order valence-electron chi connectivity index (χ2n) is 4.44. The second kappa shape index (κ2) is 6.59. The van der Waals surface area contributed by atoms with Crippen LogP contribution in [0.4, 0.5) is 29.3 Å². The van der Waals surface area contributed by atoms with Crippen LogP contribution in [-0.4, -0.2) is 16.5 Å². The molecule has 22 heavy (non-hydrogen) atoms. The molecule has 0 fully saturated rings. The van der Waals surface area contributed by atoms with Crippen molar-refractivity contribution in [3.63, 3.8) is 0 Å². The van der Waals surface area contributed by atoms with Gasteiger partial charge in [-0.2, -0.15) is 18.2 Å². The first-order chi connectivity index (χ1) is 10.4. The van der Waals surface area contributed by atoms with Gasteiger partial charge in [-0.3, -0.25) is 0 Å². The van der Waals surface area contributed by atoms with E-state index in [2.05, 4.69) is 20.6 Å². The second-order valence-corrected chi connectivity index (χ2v) is 4.44. The molecule has 0 amide bonds. The summed E-state index contributed by atoms with van der Waals surface area (Å²) in [4.78, 5) is 7.33. The predicted octanol–water partition coefficient (Wildman–Crippen LogP) is 3.68. The van der Waals surface area contributed by atoms with Gasteiger partial charge in [-0.15, -0.1) is 0 Å². The maximum absolute atomic E-state index is 13.5. The van der Waals surface area contributed by atoms with E-state index in [9.17, 15) is 17.6 Å². The van der Waals surface area contributed by atoms with Crippen LogP contribution in [0.1, 0.15) is 18.2 Å². The maximum Gasteiger partial charge on any atom is 0.433 e. The third-order valence-corrected chi connectivity index (χ3v) is 2.77. The molecule has 8 heteroatoms. The Bertz CT molecular complexity index is 643. The van der Waals surface area contributed by atoms with Gasteiger partial charge in [0, 0.05) is 24.7 Å². The Morgan fingerprint density at radius 1 is 1.09 bits per heavy atom. The van der Waals surface area contributed by atoms with Crippen LogP contribution >= 0.6 is 0 Å². The summed E-state index contributed by atoms with van der Waals surface area (Å²) < 4.78 is 51.9. The van der Waals surface area contributed by atoms with Crippen molar-refractivity contribution in [3.8, 4) is 0 Å². The number of benzene rings is 1. The number of halogens is 4. The van der Waals surface area contributed by atoms with Gasteiger partial charge in [0.2, 0.25) is 5.95 Å². The summed E-state index contributed by atoms with van der Waals surface area (Å²) in [7, 11) is 0. The van der Waals surface area contributed by atoms with Crippen LogP contribution in [0.3, 0.4) is 0 Å². The summed E-state index contributed by atoms with van der Waals surface area (Å²) >= 11 is 0. The molecule has 118 valence electrons. The Labute approximate surface area is 124 Å². The Hall–Kier alpha value is -2.38. The normalized spacial score (nSPS) is 11.3. The molecule has 0 radical (unpaired) electrons. The number of anilines is 2. The lowest BCUT2D eigenvalue weighted by atomic mass is 10.2. The lowest BCUT2D eigenvalue weighted by molar-refractivity contribution is -0.141. The molecule has 0 aliphatic rings. The van der Waals surface area contributed by atoms with E-state index in [1.807, 2.05) is 0 Å². The van der Waals surface area contributed by atoms with Gasteiger partial charge in [-0.25, -0.2) is 9.37 Å². The van der Waals surface area contributed by atoms with E-state index in [1.165, 1.54) is 12.1 Å². The Kier molecular flexibility index (Phi) is 4.79. The summed E-state index contributed by atoms with van der Waals surface area (Å²) in [6.45, 7) is 2.12. The standard InChI is InChI=1S/C14H14F4N4/c1-2-19-13-21-11(14(16,17)18)7-12(22-13)20-8-9-5-3-4-6-10(9)15/h3-7H,2,8H2,1H3,(H2,19,20,21,22). The van der Waals surface area contributed by atoms with E-state index in [0.717, 1.165) is 6.07 Å². The fourth-order valence-electron chi connectivity index (χ4n) is 1.75. The fraction of sp³-hybridized carbons (Fsp3) is 0.286. The Balaban J connectivity index is 2.22. The van der Waals surface area contributed by atoms with Crippen molar-refractivity contribution in [2.75, 3.05) is 17.2 Å². The van der Waals surface area contributed by atoms with Crippen LogP contribution in [0.2, 0.25) is 0 Å². The highest BCUT2D eigenvalue weighted by molar-refractivity contribution is 5.43. The van der Waals surface area contributed by atoms with E-state index in [-0.39, 0.29) is 18.3 Å². The zero-order valence-electron chi connectivity index (χ0n) is 11.7. The number of aromatic nitrogens is 2. The summed E-state index contributed by atoms with van der Waals surface area (Å²) in [6, 6.07) is 6.79. The molecule has 4 nitrogen and oxygen atoms in total. The van der Waals surface area contributed by atoms with Gasteiger partial charge in [0.05, 0.1) is 0 Å². The highest BCUT2D eigenvalue weighted by atomic mass is 19.4. The highest BCUT2D eigenvalue weighted by Crippen LogP contribution is 2.29. The zero-order valence-corrected chi connectivity index (χ0v) is 11.7. The van der Waals surface area contributed by atoms with Gasteiger partial charge >= 0.3 is 6.18 Å². The van der Waals surface area contributed by atoms with Crippen LogP contribution in [0.25, 0.3) is 0 Å². The first-order valence-electron chi connectivity index (χ1n) is 6.57. The monoisotopic (exact) mass is 314 g/mol. The molecule has 0 aliphatic heterocycles. The molecule has 0 atom stereocenters. The minimum absolute atomic E-state index is 0.0204. The molecule has 1 aromatic carbocycles. The van der Waals surface area contributed by atoms with Crippen LogP contribution in [0.15, 0.2) is 30.3 Å². The minimum atomic E-state index is -4.58.